The molecule has 0 saturated carbocycles. The number of halogens is 3. The summed E-state index contributed by atoms with van der Waals surface area (Å²) in [5.41, 5.74) is 1.48. The first-order valence-electron chi connectivity index (χ1n) is 8.03. The van der Waals surface area contributed by atoms with Crippen LogP contribution in [0, 0.1) is 19.7 Å². The molecule has 2 aromatic heterocycles. The summed E-state index contributed by atoms with van der Waals surface area (Å²) < 4.78 is 37.5. The third-order valence-corrected chi connectivity index (χ3v) is 5.71. The molecule has 7 nitrogen and oxygen atoms in total. The molecule has 11 heteroatoms. The number of hydrogen-bond donors (Lipinski definition) is 2. The van der Waals surface area contributed by atoms with Gasteiger partial charge in [-0.1, -0.05) is 29.3 Å². The zero-order valence-electron chi connectivity index (χ0n) is 15.1. The third kappa shape index (κ3) is 4.26. The zero-order valence-corrected chi connectivity index (χ0v) is 17.4. The molecule has 148 valence electrons. The van der Waals surface area contributed by atoms with E-state index in [4.69, 9.17) is 23.2 Å². The van der Waals surface area contributed by atoms with Crippen molar-refractivity contribution in [1.29, 1.82) is 0 Å². The largest absolute Gasteiger partial charge is 0.343 e. The summed E-state index contributed by atoms with van der Waals surface area (Å²) in [5.74, 6) is -0.0469. The smallest absolute Gasteiger partial charge is 0.223 e. The Hall–Kier alpha value is -2.23. The van der Waals surface area contributed by atoms with Crippen LogP contribution in [0.4, 0.5) is 10.3 Å². The lowest BCUT2D eigenvalue weighted by Gasteiger charge is -2.18. The summed E-state index contributed by atoms with van der Waals surface area (Å²) in [7, 11) is -3.53. The molecule has 0 fully saturated rings. The van der Waals surface area contributed by atoms with Gasteiger partial charge in [0.15, 0.2) is 14.9 Å². The third-order valence-electron chi connectivity index (χ3n) is 3.95. The minimum Gasteiger partial charge on any atom is -0.343 e. The molecule has 2 heterocycles. The van der Waals surface area contributed by atoms with Gasteiger partial charge in [0.2, 0.25) is 5.95 Å². The predicted octanol–water partition coefficient (Wildman–Crippen LogP) is 3.87. The standard InChI is InChI=1S/C17H16Cl2FN5O2S/c1-8-12(19)7-21-17(23-8)24-14(10-4-5-13(20)11(18)6-10)15-22-9(2)16(25-15)28(3,26)27/h4-7,14H,1-3H3,(H,22,25)(H,21,23,24). The summed E-state index contributed by atoms with van der Waals surface area (Å²) in [6.07, 6.45) is 2.51. The predicted molar refractivity (Wildman–Crippen MR) is 105 cm³/mol. The van der Waals surface area contributed by atoms with Crippen LogP contribution in [0.15, 0.2) is 29.4 Å². The van der Waals surface area contributed by atoms with Gasteiger partial charge in [0.05, 0.1) is 27.6 Å². The van der Waals surface area contributed by atoms with Crippen LogP contribution in [-0.4, -0.2) is 34.6 Å². The summed E-state index contributed by atoms with van der Waals surface area (Å²) in [6.45, 7) is 3.32. The Morgan fingerprint density at radius 1 is 1.18 bits per heavy atom. The van der Waals surface area contributed by atoms with E-state index in [1.54, 1.807) is 13.8 Å². The summed E-state index contributed by atoms with van der Waals surface area (Å²) in [6, 6.07) is 3.44. The van der Waals surface area contributed by atoms with Crippen LogP contribution < -0.4 is 5.32 Å². The number of rotatable bonds is 5. The number of benzene rings is 1. The number of nitrogens with zero attached hydrogens (tertiary/aromatic N) is 3. The molecule has 3 aromatic rings. The highest BCUT2D eigenvalue weighted by Gasteiger charge is 2.24. The number of aromatic amines is 1. The number of imidazole rings is 1. The van der Waals surface area contributed by atoms with Gasteiger partial charge in [-0.3, -0.25) is 0 Å². The maximum absolute atomic E-state index is 13.6. The molecule has 0 radical (unpaired) electrons. The van der Waals surface area contributed by atoms with Crippen LogP contribution in [-0.2, 0) is 9.84 Å². The molecule has 28 heavy (non-hydrogen) atoms. The van der Waals surface area contributed by atoms with E-state index >= 15 is 0 Å². The normalized spacial score (nSPS) is 12.8. The molecule has 0 bridgehead atoms. The highest BCUT2D eigenvalue weighted by Crippen LogP contribution is 2.29. The molecule has 3 rings (SSSR count). The zero-order chi connectivity index (χ0) is 20.6. The van der Waals surface area contributed by atoms with Crippen LogP contribution in [0.3, 0.4) is 0 Å². The van der Waals surface area contributed by atoms with Crippen LogP contribution in [0.25, 0.3) is 0 Å². The second-order valence-corrected chi connectivity index (χ2v) is 8.95. The summed E-state index contributed by atoms with van der Waals surface area (Å²) in [5, 5.41) is 3.32. The molecule has 1 unspecified atom stereocenters. The van der Waals surface area contributed by atoms with Gasteiger partial charge in [0.25, 0.3) is 0 Å². The molecule has 1 aromatic carbocycles. The van der Waals surface area contributed by atoms with Gasteiger partial charge >= 0.3 is 0 Å². The Morgan fingerprint density at radius 3 is 2.46 bits per heavy atom. The molecule has 0 aliphatic rings. The number of anilines is 1. The molecule has 0 aliphatic heterocycles. The second kappa shape index (κ2) is 7.65. The van der Waals surface area contributed by atoms with Gasteiger partial charge in [-0.25, -0.2) is 27.8 Å². The van der Waals surface area contributed by atoms with Crippen molar-refractivity contribution >= 4 is 39.0 Å². The average Bonchev–Trinajstić information content (AvgIpc) is 3.00. The van der Waals surface area contributed by atoms with Gasteiger partial charge in [-0.05, 0) is 31.5 Å². The second-order valence-electron chi connectivity index (χ2n) is 6.20. The van der Waals surface area contributed by atoms with E-state index in [0.29, 0.717) is 22.0 Å². The quantitative estimate of drug-likeness (QED) is 0.620. The Morgan fingerprint density at radius 2 is 1.89 bits per heavy atom. The van der Waals surface area contributed by atoms with Crippen molar-refractivity contribution in [2.75, 3.05) is 11.6 Å². The molecule has 0 spiro atoms. The van der Waals surface area contributed by atoms with Gasteiger partial charge in [-0.2, -0.15) is 0 Å². The number of aromatic nitrogens is 4. The van der Waals surface area contributed by atoms with Crippen molar-refractivity contribution in [2.24, 2.45) is 0 Å². The van der Waals surface area contributed by atoms with Gasteiger partial charge in [-0.15, -0.1) is 0 Å². The minimum atomic E-state index is -3.53. The van der Waals surface area contributed by atoms with E-state index in [9.17, 15) is 12.8 Å². The van der Waals surface area contributed by atoms with E-state index in [0.717, 1.165) is 6.26 Å². The van der Waals surface area contributed by atoms with Crippen molar-refractivity contribution in [1.82, 2.24) is 19.9 Å². The van der Waals surface area contributed by atoms with E-state index in [1.165, 1.54) is 24.4 Å². The highest BCUT2D eigenvalue weighted by atomic mass is 35.5. The van der Waals surface area contributed by atoms with Gasteiger partial charge < -0.3 is 10.3 Å². The fourth-order valence-electron chi connectivity index (χ4n) is 2.62. The Labute approximate surface area is 171 Å². The number of sulfone groups is 1. The van der Waals surface area contributed by atoms with Crippen molar-refractivity contribution in [3.05, 3.63) is 63.0 Å². The van der Waals surface area contributed by atoms with Crippen molar-refractivity contribution in [2.45, 2.75) is 24.9 Å². The van der Waals surface area contributed by atoms with E-state index in [-0.39, 0.29) is 21.8 Å². The molecule has 1 atom stereocenters. The first-order chi connectivity index (χ1) is 13.1. The van der Waals surface area contributed by atoms with E-state index in [2.05, 4.69) is 25.3 Å². The van der Waals surface area contributed by atoms with Crippen molar-refractivity contribution in [3.8, 4) is 0 Å². The molecule has 0 saturated heterocycles. The molecule has 2 N–H and O–H groups in total. The van der Waals surface area contributed by atoms with Crippen molar-refractivity contribution < 1.29 is 12.8 Å². The van der Waals surface area contributed by atoms with Gasteiger partial charge in [0, 0.05) is 6.26 Å². The van der Waals surface area contributed by atoms with E-state index in [1.807, 2.05) is 0 Å². The van der Waals surface area contributed by atoms with E-state index < -0.39 is 21.7 Å². The summed E-state index contributed by atoms with van der Waals surface area (Å²) in [4.78, 5) is 15.6. The first kappa shape index (κ1) is 20.5. The first-order valence-corrected chi connectivity index (χ1v) is 10.7. The van der Waals surface area contributed by atoms with Crippen LogP contribution >= 0.6 is 23.2 Å². The molecular weight excluding hydrogens is 428 g/mol. The Balaban J connectivity index is 2.11. The highest BCUT2D eigenvalue weighted by molar-refractivity contribution is 7.90. The molecule has 0 aliphatic carbocycles. The fraction of sp³-hybridized carbons (Fsp3) is 0.235. The Bertz CT molecular complexity index is 1150. The maximum Gasteiger partial charge on any atom is 0.223 e. The van der Waals surface area contributed by atoms with Gasteiger partial charge in [0.1, 0.15) is 17.7 Å². The van der Waals surface area contributed by atoms with Crippen LogP contribution in [0.1, 0.15) is 28.8 Å². The van der Waals surface area contributed by atoms with Crippen LogP contribution in [0.2, 0.25) is 10.0 Å². The average molecular weight is 444 g/mol. The lowest BCUT2D eigenvalue weighted by atomic mass is 10.1. The number of aryl methyl sites for hydroxylation is 2. The SMILES string of the molecule is Cc1nc(NC(c2ccc(F)c(Cl)c2)c2nc(S(C)(=O)=O)c(C)[nH]2)ncc1Cl. The molecule has 0 amide bonds. The van der Waals surface area contributed by atoms with Crippen LogP contribution in [0.5, 0.6) is 0 Å². The topological polar surface area (TPSA) is 101 Å². The number of H-pyrrole nitrogens is 1. The lowest BCUT2D eigenvalue weighted by Crippen LogP contribution is -2.16. The Kier molecular flexibility index (Phi) is 5.60. The monoisotopic (exact) mass is 443 g/mol. The number of nitrogens with one attached hydrogen (secondary N) is 2. The van der Waals surface area contributed by atoms with Crippen molar-refractivity contribution in [3.63, 3.8) is 0 Å². The fourth-order valence-corrected chi connectivity index (χ4v) is 3.77. The maximum atomic E-state index is 13.6. The lowest BCUT2D eigenvalue weighted by molar-refractivity contribution is 0.597. The minimum absolute atomic E-state index is 0.0734. The molecular formula is C17H16Cl2FN5O2S. The summed E-state index contributed by atoms with van der Waals surface area (Å²) >= 11 is 11.9. The number of hydrogen-bond acceptors (Lipinski definition) is 6.